The van der Waals surface area contributed by atoms with Crippen LogP contribution in [0.4, 0.5) is 11.4 Å². The zero-order valence-electron chi connectivity index (χ0n) is 11.9. The molecule has 0 aliphatic carbocycles. The van der Waals surface area contributed by atoms with Gasteiger partial charge >= 0.3 is 0 Å². The van der Waals surface area contributed by atoms with Crippen molar-refractivity contribution in [2.24, 2.45) is 0 Å². The molecule has 20 heavy (non-hydrogen) atoms. The second-order valence-electron chi connectivity index (χ2n) is 5.57. The third-order valence-corrected chi connectivity index (χ3v) is 4.08. The quantitative estimate of drug-likeness (QED) is 0.661. The van der Waals surface area contributed by atoms with Crippen LogP contribution in [0, 0.1) is 0 Å². The van der Waals surface area contributed by atoms with Gasteiger partial charge in [-0.15, -0.1) is 0 Å². The SMILES string of the molecule is Nc1cccc(CCCCN2CCc3ccccc32)c1. The average Bonchev–Trinajstić information content (AvgIpc) is 2.87. The second kappa shape index (κ2) is 6.00. The van der Waals surface area contributed by atoms with Gasteiger partial charge in [-0.3, -0.25) is 0 Å². The van der Waals surface area contributed by atoms with Gasteiger partial charge in [0.25, 0.3) is 0 Å². The van der Waals surface area contributed by atoms with Gasteiger partial charge in [-0.25, -0.2) is 0 Å². The van der Waals surface area contributed by atoms with Crippen LogP contribution in [-0.4, -0.2) is 13.1 Å². The number of rotatable bonds is 5. The van der Waals surface area contributed by atoms with E-state index in [4.69, 9.17) is 5.73 Å². The molecule has 3 rings (SSSR count). The Morgan fingerprint density at radius 3 is 2.80 bits per heavy atom. The lowest BCUT2D eigenvalue weighted by atomic mass is 10.1. The number of nitrogens with zero attached hydrogens (tertiary/aromatic N) is 1. The number of nitrogens with two attached hydrogens (primary N) is 1. The van der Waals surface area contributed by atoms with Crippen LogP contribution in [0.15, 0.2) is 48.5 Å². The molecule has 0 atom stereocenters. The molecule has 1 aliphatic rings. The summed E-state index contributed by atoms with van der Waals surface area (Å²) >= 11 is 0. The summed E-state index contributed by atoms with van der Waals surface area (Å²) in [4.78, 5) is 2.52. The highest BCUT2D eigenvalue weighted by atomic mass is 15.1. The Hall–Kier alpha value is -1.96. The van der Waals surface area contributed by atoms with Crippen molar-refractivity contribution in [2.75, 3.05) is 23.7 Å². The van der Waals surface area contributed by atoms with Gasteiger partial charge in [0.05, 0.1) is 0 Å². The van der Waals surface area contributed by atoms with Gasteiger partial charge in [0, 0.05) is 24.5 Å². The number of aryl methyl sites for hydroxylation is 1. The van der Waals surface area contributed by atoms with Crippen LogP contribution in [0.5, 0.6) is 0 Å². The van der Waals surface area contributed by atoms with Crippen molar-refractivity contribution >= 4 is 11.4 Å². The molecular formula is C18H22N2. The van der Waals surface area contributed by atoms with E-state index in [2.05, 4.69) is 41.3 Å². The number of unbranched alkanes of at least 4 members (excludes halogenated alkanes) is 1. The molecule has 2 aromatic carbocycles. The molecular weight excluding hydrogens is 244 g/mol. The molecule has 0 fully saturated rings. The summed E-state index contributed by atoms with van der Waals surface area (Å²) in [6.07, 6.45) is 4.79. The monoisotopic (exact) mass is 266 g/mol. The summed E-state index contributed by atoms with van der Waals surface area (Å²) in [5, 5.41) is 0. The predicted octanol–water partition coefficient (Wildman–Crippen LogP) is 3.65. The molecule has 2 aromatic rings. The topological polar surface area (TPSA) is 29.3 Å². The van der Waals surface area contributed by atoms with Crippen molar-refractivity contribution in [2.45, 2.75) is 25.7 Å². The van der Waals surface area contributed by atoms with Crippen LogP contribution in [0.25, 0.3) is 0 Å². The molecule has 0 radical (unpaired) electrons. The lowest BCUT2D eigenvalue weighted by molar-refractivity contribution is 0.700. The first kappa shape index (κ1) is 13.0. The highest BCUT2D eigenvalue weighted by Crippen LogP contribution is 2.27. The fourth-order valence-electron chi connectivity index (χ4n) is 3.02. The predicted molar refractivity (Wildman–Crippen MR) is 86.2 cm³/mol. The second-order valence-corrected chi connectivity index (χ2v) is 5.57. The summed E-state index contributed by atoms with van der Waals surface area (Å²) in [5.74, 6) is 0. The Kier molecular flexibility index (Phi) is 3.91. The van der Waals surface area contributed by atoms with Crippen molar-refractivity contribution in [3.8, 4) is 0 Å². The molecule has 0 aromatic heterocycles. The molecule has 2 N–H and O–H groups in total. The summed E-state index contributed by atoms with van der Waals surface area (Å²) < 4.78 is 0. The Balaban J connectivity index is 1.47. The Morgan fingerprint density at radius 2 is 1.90 bits per heavy atom. The van der Waals surface area contributed by atoms with Crippen molar-refractivity contribution in [1.82, 2.24) is 0 Å². The maximum absolute atomic E-state index is 5.81. The van der Waals surface area contributed by atoms with Crippen molar-refractivity contribution in [3.63, 3.8) is 0 Å². The van der Waals surface area contributed by atoms with Gasteiger partial charge in [-0.1, -0.05) is 30.3 Å². The maximum Gasteiger partial charge on any atom is 0.0399 e. The standard InChI is InChI=1S/C18H22N2/c19-17-9-5-7-15(14-17)6-3-4-12-20-13-11-16-8-1-2-10-18(16)20/h1-2,5,7-10,14H,3-4,6,11-13,19H2. The van der Waals surface area contributed by atoms with Gasteiger partial charge in [0.1, 0.15) is 0 Å². The van der Waals surface area contributed by atoms with E-state index in [1.165, 1.54) is 49.2 Å². The van der Waals surface area contributed by atoms with Gasteiger partial charge in [-0.2, -0.15) is 0 Å². The van der Waals surface area contributed by atoms with Crippen LogP contribution in [0.3, 0.4) is 0 Å². The van der Waals surface area contributed by atoms with Crippen molar-refractivity contribution in [3.05, 3.63) is 59.7 Å². The highest BCUT2D eigenvalue weighted by Gasteiger charge is 2.17. The van der Waals surface area contributed by atoms with Crippen LogP contribution in [0.1, 0.15) is 24.0 Å². The Bertz CT molecular complexity index is 577. The molecule has 0 saturated heterocycles. The number of hydrogen-bond donors (Lipinski definition) is 1. The van der Waals surface area contributed by atoms with Crippen LogP contribution < -0.4 is 10.6 Å². The molecule has 0 bridgehead atoms. The van der Waals surface area contributed by atoms with E-state index < -0.39 is 0 Å². The molecule has 0 saturated carbocycles. The molecule has 2 heteroatoms. The normalized spacial score (nSPS) is 13.5. The summed E-state index contributed by atoms with van der Waals surface area (Å²) in [5.41, 5.74) is 11.0. The Labute approximate surface area is 121 Å². The highest BCUT2D eigenvalue weighted by molar-refractivity contribution is 5.57. The van der Waals surface area contributed by atoms with Crippen molar-refractivity contribution in [1.29, 1.82) is 0 Å². The van der Waals surface area contributed by atoms with E-state index in [1.807, 2.05) is 12.1 Å². The van der Waals surface area contributed by atoms with E-state index >= 15 is 0 Å². The fraction of sp³-hybridized carbons (Fsp3) is 0.333. The number of fused-ring (bicyclic) bond motifs is 1. The fourth-order valence-corrected chi connectivity index (χ4v) is 3.02. The summed E-state index contributed by atoms with van der Waals surface area (Å²) in [7, 11) is 0. The van der Waals surface area contributed by atoms with Gasteiger partial charge in [0.2, 0.25) is 0 Å². The summed E-state index contributed by atoms with van der Waals surface area (Å²) in [6, 6.07) is 17.0. The molecule has 104 valence electrons. The average molecular weight is 266 g/mol. The smallest absolute Gasteiger partial charge is 0.0399 e. The molecule has 0 spiro atoms. The van der Waals surface area contributed by atoms with Crippen LogP contribution >= 0.6 is 0 Å². The minimum absolute atomic E-state index is 0.871. The minimum atomic E-state index is 0.871. The van der Waals surface area contributed by atoms with Gasteiger partial charge in [0.15, 0.2) is 0 Å². The number of nitrogen functional groups attached to an aromatic ring is 1. The minimum Gasteiger partial charge on any atom is -0.399 e. The zero-order chi connectivity index (χ0) is 13.8. The zero-order valence-corrected chi connectivity index (χ0v) is 11.9. The first-order chi connectivity index (χ1) is 9.83. The van der Waals surface area contributed by atoms with Crippen LogP contribution in [-0.2, 0) is 12.8 Å². The number of anilines is 2. The maximum atomic E-state index is 5.81. The molecule has 0 amide bonds. The molecule has 1 heterocycles. The lowest BCUT2D eigenvalue weighted by Crippen LogP contribution is -2.21. The lowest BCUT2D eigenvalue weighted by Gasteiger charge is -2.19. The number of benzene rings is 2. The van der Waals surface area contributed by atoms with Gasteiger partial charge < -0.3 is 10.6 Å². The van der Waals surface area contributed by atoms with E-state index in [0.29, 0.717) is 0 Å². The largest absolute Gasteiger partial charge is 0.399 e. The Morgan fingerprint density at radius 1 is 1.00 bits per heavy atom. The first-order valence-electron chi connectivity index (χ1n) is 7.50. The van der Waals surface area contributed by atoms with E-state index in [-0.39, 0.29) is 0 Å². The third-order valence-electron chi connectivity index (χ3n) is 4.08. The summed E-state index contributed by atoms with van der Waals surface area (Å²) in [6.45, 7) is 2.34. The number of hydrogen-bond acceptors (Lipinski definition) is 2. The third kappa shape index (κ3) is 2.96. The van der Waals surface area contributed by atoms with Crippen LogP contribution in [0.2, 0.25) is 0 Å². The molecule has 1 aliphatic heterocycles. The van der Waals surface area contributed by atoms with E-state index in [0.717, 1.165) is 12.1 Å². The molecule has 2 nitrogen and oxygen atoms in total. The molecule has 0 unspecified atom stereocenters. The van der Waals surface area contributed by atoms with Crippen molar-refractivity contribution < 1.29 is 0 Å². The van der Waals surface area contributed by atoms with Gasteiger partial charge in [-0.05, 0) is 55.0 Å². The van der Waals surface area contributed by atoms with E-state index in [1.54, 1.807) is 0 Å². The number of para-hydroxylation sites is 1. The first-order valence-corrected chi connectivity index (χ1v) is 7.50. The van der Waals surface area contributed by atoms with E-state index in [9.17, 15) is 0 Å².